The van der Waals surface area contributed by atoms with Gasteiger partial charge >= 0.3 is 6.03 Å². The van der Waals surface area contributed by atoms with E-state index < -0.39 is 5.54 Å². The van der Waals surface area contributed by atoms with Gasteiger partial charge in [-0.25, -0.2) is 4.79 Å². The molecule has 0 radical (unpaired) electrons. The van der Waals surface area contributed by atoms with Crippen molar-refractivity contribution in [1.29, 1.82) is 0 Å². The average Bonchev–Trinajstić information content (AvgIpc) is 2.66. The number of halogens is 2. The van der Waals surface area contributed by atoms with E-state index in [1.54, 1.807) is 25.1 Å². The molecule has 2 rings (SSSR count). The van der Waals surface area contributed by atoms with Crippen molar-refractivity contribution in [1.82, 2.24) is 10.2 Å². The number of benzene rings is 1. The lowest BCUT2D eigenvalue weighted by Crippen LogP contribution is -2.44. The van der Waals surface area contributed by atoms with Crippen LogP contribution in [0.2, 0.25) is 10.0 Å². The molecule has 1 aromatic rings. The van der Waals surface area contributed by atoms with Crippen LogP contribution >= 0.6 is 23.2 Å². The van der Waals surface area contributed by atoms with E-state index in [1.807, 2.05) is 6.92 Å². The fourth-order valence-corrected chi connectivity index (χ4v) is 2.79. The number of rotatable bonds is 6. The van der Waals surface area contributed by atoms with Gasteiger partial charge in [-0.3, -0.25) is 9.69 Å². The molecule has 1 aliphatic heterocycles. The summed E-state index contributed by atoms with van der Waals surface area (Å²) in [4.78, 5) is 25.4. The maximum absolute atomic E-state index is 12.3. The molecule has 0 aromatic heterocycles. The van der Waals surface area contributed by atoms with Crippen LogP contribution in [0.25, 0.3) is 0 Å². The van der Waals surface area contributed by atoms with Crippen molar-refractivity contribution in [3.05, 3.63) is 28.2 Å². The first-order chi connectivity index (χ1) is 10.4. The highest BCUT2D eigenvalue weighted by molar-refractivity contribution is 6.34. The summed E-state index contributed by atoms with van der Waals surface area (Å²) in [6.07, 6.45) is 1.42. The Morgan fingerprint density at radius 3 is 2.73 bits per heavy atom. The van der Waals surface area contributed by atoms with E-state index in [9.17, 15) is 9.59 Å². The van der Waals surface area contributed by atoms with Gasteiger partial charge in [-0.2, -0.15) is 0 Å². The topological polar surface area (TPSA) is 58.6 Å². The number of hydrogen-bond acceptors (Lipinski definition) is 3. The maximum Gasteiger partial charge on any atom is 0.325 e. The Hall–Kier alpha value is -1.46. The minimum Gasteiger partial charge on any atom is -0.490 e. The Morgan fingerprint density at radius 2 is 2.05 bits per heavy atom. The van der Waals surface area contributed by atoms with Crippen LogP contribution in [0.5, 0.6) is 5.75 Å². The maximum atomic E-state index is 12.3. The van der Waals surface area contributed by atoms with Crippen LogP contribution in [0.3, 0.4) is 0 Å². The summed E-state index contributed by atoms with van der Waals surface area (Å²) in [7, 11) is 0. The second-order valence-corrected chi connectivity index (χ2v) is 6.24. The van der Waals surface area contributed by atoms with Gasteiger partial charge in [0.2, 0.25) is 0 Å². The standard InChI is InChI=1S/C15H18Cl2N2O3/c1-3-6-15(2)13(20)19(14(21)18-15)7-8-22-12-9-10(16)4-5-11(12)17/h4-5,9H,3,6-8H2,1-2H3,(H,18,21). The van der Waals surface area contributed by atoms with Crippen molar-refractivity contribution in [2.45, 2.75) is 32.2 Å². The molecule has 1 fully saturated rings. The number of hydrogen-bond donors (Lipinski definition) is 1. The van der Waals surface area contributed by atoms with Gasteiger partial charge in [0, 0.05) is 11.1 Å². The Balaban J connectivity index is 1.96. The first-order valence-corrected chi connectivity index (χ1v) is 7.85. The lowest BCUT2D eigenvalue weighted by Gasteiger charge is -2.20. The largest absolute Gasteiger partial charge is 0.490 e. The van der Waals surface area contributed by atoms with E-state index in [2.05, 4.69) is 5.32 Å². The molecule has 1 N–H and O–H groups in total. The molecule has 1 aromatic carbocycles. The van der Waals surface area contributed by atoms with E-state index >= 15 is 0 Å². The van der Waals surface area contributed by atoms with Crippen LogP contribution in [-0.4, -0.2) is 35.5 Å². The van der Waals surface area contributed by atoms with Crippen molar-refractivity contribution in [2.24, 2.45) is 0 Å². The summed E-state index contributed by atoms with van der Waals surface area (Å²) in [6.45, 7) is 4.03. The van der Waals surface area contributed by atoms with Crippen molar-refractivity contribution < 1.29 is 14.3 Å². The summed E-state index contributed by atoms with van der Waals surface area (Å²) in [6, 6.07) is 4.49. The Morgan fingerprint density at radius 1 is 1.32 bits per heavy atom. The van der Waals surface area contributed by atoms with E-state index in [0.29, 0.717) is 22.2 Å². The normalized spacial score (nSPS) is 21.2. The first-order valence-electron chi connectivity index (χ1n) is 7.09. The number of nitrogens with zero attached hydrogens (tertiary/aromatic N) is 1. The summed E-state index contributed by atoms with van der Waals surface area (Å²) in [5.74, 6) is 0.206. The zero-order valence-electron chi connectivity index (χ0n) is 12.5. The number of urea groups is 1. The van der Waals surface area contributed by atoms with Crippen molar-refractivity contribution >= 4 is 35.1 Å². The van der Waals surface area contributed by atoms with Crippen LogP contribution < -0.4 is 10.1 Å². The Kier molecular flexibility index (Phi) is 5.19. The molecule has 1 saturated heterocycles. The molecule has 7 heteroatoms. The third kappa shape index (κ3) is 3.47. The van der Waals surface area contributed by atoms with Gasteiger partial charge in [0.1, 0.15) is 17.9 Å². The fourth-order valence-electron chi connectivity index (χ4n) is 2.45. The van der Waals surface area contributed by atoms with Gasteiger partial charge in [0.25, 0.3) is 5.91 Å². The summed E-state index contributed by atoms with van der Waals surface area (Å²) < 4.78 is 5.51. The van der Waals surface area contributed by atoms with E-state index in [1.165, 1.54) is 4.90 Å². The highest BCUT2D eigenvalue weighted by Gasteiger charge is 2.46. The third-order valence-corrected chi connectivity index (χ3v) is 4.11. The van der Waals surface area contributed by atoms with Crippen molar-refractivity contribution in [3.8, 4) is 5.75 Å². The summed E-state index contributed by atoms with van der Waals surface area (Å²) in [5.41, 5.74) is -0.820. The first kappa shape index (κ1) is 16.9. The predicted molar refractivity (Wildman–Crippen MR) is 85.5 cm³/mol. The van der Waals surface area contributed by atoms with Gasteiger partial charge in [0.15, 0.2) is 0 Å². The van der Waals surface area contributed by atoms with Crippen molar-refractivity contribution in [3.63, 3.8) is 0 Å². The van der Waals surface area contributed by atoms with Gasteiger partial charge in [0.05, 0.1) is 11.6 Å². The Labute approximate surface area is 139 Å². The molecule has 1 atom stereocenters. The van der Waals surface area contributed by atoms with Gasteiger partial charge in [-0.15, -0.1) is 0 Å². The molecular weight excluding hydrogens is 327 g/mol. The van der Waals surface area contributed by atoms with E-state index in [-0.39, 0.29) is 25.1 Å². The number of amides is 3. The second-order valence-electron chi connectivity index (χ2n) is 5.39. The SMILES string of the molecule is CCCC1(C)NC(=O)N(CCOc2cc(Cl)ccc2Cl)C1=O. The highest BCUT2D eigenvalue weighted by atomic mass is 35.5. The lowest BCUT2D eigenvalue weighted by atomic mass is 9.96. The van der Waals surface area contributed by atoms with E-state index in [4.69, 9.17) is 27.9 Å². The zero-order valence-corrected chi connectivity index (χ0v) is 14.0. The molecule has 1 heterocycles. The smallest absolute Gasteiger partial charge is 0.325 e. The molecule has 5 nitrogen and oxygen atoms in total. The molecule has 3 amide bonds. The molecule has 0 aliphatic carbocycles. The molecule has 0 saturated carbocycles. The highest BCUT2D eigenvalue weighted by Crippen LogP contribution is 2.28. The predicted octanol–water partition coefficient (Wildman–Crippen LogP) is 3.48. The van der Waals surface area contributed by atoms with Gasteiger partial charge in [-0.05, 0) is 25.5 Å². The van der Waals surface area contributed by atoms with Crippen LogP contribution in [0.1, 0.15) is 26.7 Å². The molecule has 1 unspecified atom stereocenters. The molecular formula is C15H18Cl2N2O3. The third-order valence-electron chi connectivity index (χ3n) is 3.56. The monoisotopic (exact) mass is 344 g/mol. The number of ether oxygens (including phenoxy) is 1. The van der Waals surface area contributed by atoms with Gasteiger partial charge in [-0.1, -0.05) is 36.5 Å². The molecule has 22 heavy (non-hydrogen) atoms. The molecule has 120 valence electrons. The number of nitrogens with one attached hydrogen (secondary N) is 1. The van der Waals surface area contributed by atoms with Crippen LogP contribution in [0, 0.1) is 0 Å². The van der Waals surface area contributed by atoms with E-state index in [0.717, 1.165) is 6.42 Å². The second kappa shape index (κ2) is 6.75. The van der Waals surface area contributed by atoms with Gasteiger partial charge < -0.3 is 10.1 Å². The zero-order chi connectivity index (χ0) is 16.3. The number of carbonyl (C=O) groups is 2. The summed E-state index contributed by atoms with van der Waals surface area (Å²) >= 11 is 11.9. The molecule has 0 bridgehead atoms. The minimum atomic E-state index is -0.820. The van der Waals surface area contributed by atoms with Crippen LogP contribution in [0.15, 0.2) is 18.2 Å². The van der Waals surface area contributed by atoms with Crippen LogP contribution in [-0.2, 0) is 4.79 Å². The number of carbonyl (C=O) groups excluding carboxylic acids is 2. The lowest BCUT2D eigenvalue weighted by molar-refractivity contribution is -0.131. The number of imide groups is 1. The fraction of sp³-hybridized carbons (Fsp3) is 0.467. The average molecular weight is 345 g/mol. The van der Waals surface area contributed by atoms with Crippen molar-refractivity contribution in [2.75, 3.05) is 13.2 Å². The Bertz CT molecular complexity index is 594. The molecule has 0 spiro atoms. The summed E-state index contributed by atoms with van der Waals surface area (Å²) in [5, 5.41) is 3.67. The minimum absolute atomic E-state index is 0.154. The quantitative estimate of drug-likeness (QED) is 0.803. The van der Waals surface area contributed by atoms with Crippen LogP contribution in [0.4, 0.5) is 4.79 Å². The molecule has 1 aliphatic rings.